The van der Waals surface area contributed by atoms with Gasteiger partial charge in [0, 0.05) is 37.8 Å². The Hall–Kier alpha value is -2.19. The number of rotatable bonds is 4. The second kappa shape index (κ2) is 6.06. The molecule has 8 heteroatoms. The summed E-state index contributed by atoms with van der Waals surface area (Å²) >= 11 is 0. The van der Waals surface area contributed by atoms with Crippen molar-refractivity contribution in [1.29, 1.82) is 0 Å². The first-order chi connectivity index (χ1) is 9.93. The third-order valence-electron chi connectivity index (χ3n) is 3.72. The zero-order valence-corrected chi connectivity index (χ0v) is 11.9. The standard InChI is InChI=1S/C13H19N5O3/c1-16-4-5-17(10(7-14)8-16)11-3-2-9(13(15)19)6-12(11)18(20)21/h2-3,6,10H,4-5,7-8,14H2,1H3,(H2,15,19). The number of hydrogen-bond acceptors (Lipinski definition) is 6. The molecule has 0 aromatic heterocycles. The lowest BCUT2D eigenvalue weighted by Gasteiger charge is -2.40. The van der Waals surface area contributed by atoms with Gasteiger partial charge >= 0.3 is 0 Å². The normalized spacial score (nSPS) is 19.5. The van der Waals surface area contributed by atoms with E-state index in [2.05, 4.69) is 4.90 Å². The number of nitro groups is 1. The Balaban J connectivity index is 2.42. The number of nitro benzene ring substituents is 1. The number of nitrogens with zero attached hydrogens (tertiary/aromatic N) is 3. The molecule has 1 aliphatic heterocycles. The summed E-state index contributed by atoms with van der Waals surface area (Å²) in [5.74, 6) is -0.682. The van der Waals surface area contributed by atoms with Crippen molar-refractivity contribution in [2.75, 3.05) is 38.1 Å². The van der Waals surface area contributed by atoms with E-state index in [1.54, 1.807) is 6.07 Å². The van der Waals surface area contributed by atoms with E-state index in [1.807, 2.05) is 11.9 Å². The molecule has 1 saturated heterocycles. The minimum atomic E-state index is -0.682. The maximum Gasteiger partial charge on any atom is 0.293 e. The number of piperazine rings is 1. The third kappa shape index (κ3) is 3.11. The first kappa shape index (κ1) is 15.2. The predicted molar refractivity (Wildman–Crippen MR) is 79.3 cm³/mol. The van der Waals surface area contributed by atoms with E-state index in [4.69, 9.17) is 11.5 Å². The SMILES string of the molecule is CN1CCN(c2ccc(C(N)=O)cc2[N+](=O)[O-])C(CN)C1. The minimum Gasteiger partial charge on any atom is -0.366 e. The van der Waals surface area contributed by atoms with Gasteiger partial charge in [-0.25, -0.2) is 0 Å². The molecule has 114 valence electrons. The molecule has 1 aromatic rings. The summed E-state index contributed by atoms with van der Waals surface area (Å²) in [5.41, 5.74) is 11.5. The summed E-state index contributed by atoms with van der Waals surface area (Å²) in [6.45, 7) is 2.59. The van der Waals surface area contributed by atoms with Gasteiger partial charge in [-0.15, -0.1) is 0 Å². The van der Waals surface area contributed by atoms with E-state index in [0.29, 0.717) is 18.8 Å². The molecule has 1 unspecified atom stereocenters. The van der Waals surface area contributed by atoms with E-state index in [-0.39, 0.29) is 17.3 Å². The predicted octanol–water partition coefficient (Wildman–Crippen LogP) is -0.227. The van der Waals surface area contributed by atoms with Crippen LogP contribution in [0.1, 0.15) is 10.4 Å². The van der Waals surface area contributed by atoms with Gasteiger partial charge in [0.1, 0.15) is 5.69 Å². The lowest BCUT2D eigenvalue weighted by molar-refractivity contribution is -0.384. The molecule has 0 bridgehead atoms. The first-order valence-corrected chi connectivity index (χ1v) is 6.67. The first-order valence-electron chi connectivity index (χ1n) is 6.67. The van der Waals surface area contributed by atoms with Crippen LogP contribution in [0.3, 0.4) is 0 Å². The molecular weight excluding hydrogens is 274 g/mol. The van der Waals surface area contributed by atoms with Crippen LogP contribution in [-0.4, -0.2) is 55.0 Å². The summed E-state index contributed by atoms with van der Waals surface area (Å²) in [6.07, 6.45) is 0. The Morgan fingerprint density at radius 2 is 2.19 bits per heavy atom. The van der Waals surface area contributed by atoms with Crippen LogP contribution < -0.4 is 16.4 Å². The Morgan fingerprint density at radius 1 is 1.48 bits per heavy atom. The fourth-order valence-electron chi connectivity index (χ4n) is 2.60. The van der Waals surface area contributed by atoms with Crippen molar-refractivity contribution in [3.8, 4) is 0 Å². The molecule has 0 saturated carbocycles. The fourth-order valence-corrected chi connectivity index (χ4v) is 2.60. The number of carbonyl (C=O) groups excluding carboxylic acids is 1. The molecule has 1 fully saturated rings. The number of hydrogen-bond donors (Lipinski definition) is 2. The zero-order chi connectivity index (χ0) is 15.6. The molecule has 1 heterocycles. The van der Waals surface area contributed by atoms with Gasteiger partial charge in [-0.05, 0) is 19.2 Å². The van der Waals surface area contributed by atoms with Gasteiger partial charge in [0.05, 0.1) is 11.0 Å². The van der Waals surface area contributed by atoms with Crippen molar-refractivity contribution in [1.82, 2.24) is 4.90 Å². The monoisotopic (exact) mass is 293 g/mol. The molecule has 2 rings (SSSR count). The van der Waals surface area contributed by atoms with E-state index in [1.165, 1.54) is 12.1 Å². The topological polar surface area (TPSA) is 119 Å². The Kier molecular flexibility index (Phi) is 4.39. The van der Waals surface area contributed by atoms with Gasteiger partial charge in [-0.2, -0.15) is 0 Å². The molecule has 0 radical (unpaired) electrons. The average molecular weight is 293 g/mol. The summed E-state index contributed by atoms with van der Waals surface area (Å²) in [5, 5.41) is 11.3. The molecule has 21 heavy (non-hydrogen) atoms. The lowest BCUT2D eigenvalue weighted by Crippen LogP contribution is -2.55. The van der Waals surface area contributed by atoms with E-state index in [9.17, 15) is 14.9 Å². The van der Waals surface area contributed by atoms with Crippen LogP contribution in [0, 0.1) is 10.1 Å². The van der Waals surface area contributed by atoms with Gasteiger partial charge in [0.2, 0.25) is 5.91 Å². The number of amides is 1. The summed E-state index contributed by atoms with van der Waals surface area (Å²) in [7, 11) is 1.99. The van der Waals surface area contributed by atoms with Crippen LogP contribution in [0.25, 0.3) is 0 Å². The molecule has 1 aliphatic rings. The highest BCUT2D eigenvalue weighted by atomic mass is 16.6. The van der Waals surface area contributed by atoms with Crippen molar-refractivity contribution in [2.45, 2.75) is 6.04 Å². The van der Waals surface area contributed by atoms with Gasteiger partial charge < -0.3 is 21.3 Å². The zero-order valence-electron chi connectivity index (χ0n) is 11.9. The molecule has 1 aromatic carbocycles. The highest BCUT2D eigenvalue weighted by Crippen LogP contribution is 2.31. The summed E-state index contributed by atoms with van der Waals surface area (Å²) in [6, 6.07) is 4.31. The molecule has 0 spiro atoms. The largest absolute Gasteiger partial charge is 0.366 e. The van der Waals surface area contributed by atoms with Crippen LogP contribution in [0.15, 0.2) is 18.2 Å². The van der Waals surface area contributed by atoms with Crippen molar-refractivity contribution in [3.05, 3.63) is 33.9 Å². The minimum absolute atomic E-state index is 0.00174. The van der Waals surface area contributed by atoms with E-state index >= 15 is 0 Å². The van der Waals surface area contributed by atoms with Gasteiger partial charge in [0.15, 0.2) is 0 Å². The number of nitrogens with two attached hydrogens (primary N) is 2. The number of carbonyl (C=O) groups is 1. The van der Waals surface area contributed by atoms with Crippen molar-refractivity contribution < 1.29 is 9.72 Å². The lowest BCUT2D eigenvalue weighted by atomic mass is 10.1. The molecule has 0 aliphatic carbocycles. The van der Waals surface area contributed by atoms with Crippen LogP contribution >= 0.6 is 0 Å². The van der Waals surface area contributed by atoms with Gasteiger partial charge in [0.25, 0.3) is 5.69 Å². The second-order valence-corrected chi connectivity index (χ2v) is 5.17. The Bertz CT molecular complexity index is 563. The Labute approximate surface area is 122 Å². The van der Waals surface area contributed by atoms with Crippen molar-refractivity contribution in [3.63, 3.8) is 0 Å². The average Bonchev–Trinajstić information content (AvgIpc) is 2.46. The maximum atomic E-state index is 11.3. The number of primary amides is 1. The maximum absolute atomic E-state index is 11.3. The molecule has 4 N–H and O–H groups in total. The Morgan fingerprint density at radius 3 is 2.76 bits per heavy atom. The second-order valence-electron chi connectivity index (χ2n) is 5.17. The van der Waals surface area contributed by atoms with Crippen molar-refractivity contribution >= 4 is 17.3 Å². The van der Waals surface area contributed by atoms with Crippen LogP contribution in [0.2, 0.25) is 0 Å². The fraction of sp³-hybridized carbons (Fsp3) is 0.462. The summed E-state index contributed by atoms with van der Waals surface area (Å²) < 4.78 is 0. The number of anilines is 1. The van der Waals surface area contributed by atoms with E-state index in [0.717, 1.165) is 13.1 Å². The van der Waals surface area contributed by atoms with Crippen LogP contribution in [0.4, 0.5) is 11.4 Å². The van der Waals surface area contributed by atoms with Gasteiger partial charge in [-0.3, -0.25) is 14.9 Å². The van der Waals surface area contributed by atoms with E-state index < -0.39 is 10.8 Å². The highest BCUT2D eigenvalue weighted by Gasteiger charge is 2.29. The third-order valence-corrected chi connectivity index (χ3v) is 3.72. The molecular formula is C13H19N5O3. The number of benzene rings is 1. The molecule has 1 atom stereocenters. The quantitative estimate of drug-likeness (QED) is 0.585. The highest BCUT2D eigenvalue weighted by molar-refractivity contribution is 5.94. The van der Waals surface area contributed by atoms with Gasteiger partial charge in [-0.1, -0.05) is 0 Å². The van der Waals surface area contributed by atoms with Crippen LogP contribution in [-0.2, 0) is 0 Å². The summed E-state index contributed by atoms with van der Waals surface area (Å²) in [4.78, 5) is 26.0. The molecule has 8 nitrogen and oxygen atoms in total. The smallest absolute Gasteiger partial charge is 0.293 e. The van der Waals surface area contributed by atoms with Crippen LogP contribution in [0.5, 0.6) is 0 Å². The molecule has 1 amide bonds. The number of likely N-dealkylation sites (N-methyl/N-ethyl adjacent to an activating group) is 1. The van der Waals surface area contributed by atoms with Crippen molar-refractivity contribution in [2.24, 2.45) is 11.5 Å².